The van der Waals surface area contributed by atoms with Gasteiger partial charge in [0.1, 0.15) is 0 Å². The van der Waals surface area contributed by atoms with Crippen LogP contribution in [0.2, 0.25) is 0 Å². The maximum absolute atomic E-state index is 12.5. The van der Waals surface area contributed by atoms with Crippen LogP contribution in [0.3, 0.4) is 0 Å². The van der Waals surface area contributed by atoms with E-state index in [1.165, 1.54) is 8.61 Å². The van der Waals surface area contributed by atoms with E-state index in [2.05, 4.69) is 0 Å². The zero-order valence-corrected chi connectivity index (χ0v) is 13.3. The Hall–Kier alpha value is -0.990. The van der Waals surface area contributed by atoms with E-state index in [1.54, 1.807) is 14.2 Å². The predicted molar refractivity (Wildman–Crippen MR) is 82.2 cm³/mol. The van der Waals surface area contributed by atoms with Crippen LogP contribution in [0.4, 0.5) is 0 Å². The van der Waals surface area contributed by atoms with Gasteiger partial charge in [0.2, 0.25) is 0 Å². The largest absolute Gasteiger partial charge is 0.383 e. The molecule has 1 fully saturated rings. The van der Waals surface area contributed by atoms with Gasteiger partial charge >= 0.3 is 0 Å². The highest BCUT2D eigenvalue weighted by atomic mass is 32.2. The van der Waals surface area contributed by atoms with E-state index in [0.717, 1.165) is 5.56 Å². The molecule has 0 radical (unpaired) electrons. The molecular weight excluding hydrogens is 290 g/mol. The molecule has 21 heavy (non-hydrogen) atoms. The minimum atomic E-state index is -3.48. The first-order valence-electron chi connectivity index (χ1n) is 6.97. The van der Waals surface area contributed by atoms with Gasteiger partial charge in [-0.3, -0.25) is 0 Å². The van der Waals surface area contributed by atoms with Gasteiger partial charge in [0.25, 0.3) is 10.2 Å². The van der Waals surface area contributed by atoms with E-state index < -0.39 is 10.2 Å². The van der Waals surface area contributed by atoms with Crippen molar-refractivity contribution < 1.29 is 13.2 Å². The molecule has 2 rings (SSSR count). The number of benzene rings is 1. The lowest BCUT2D eigenvalue weighted by Crippen LogP contribution is -2.42. The SMILES string of the molecule is COCCN(C)S(=O)(=O)N1C[C@@H](N)[C@H](c2ccccc2)C1. The Morgan fingerprint density at radius 3 is 2.62 bits per heavy atom. The summed E-state index contributed by atoms with van der Waals surface area (Å²) in [6, 6.07) is 9.65. The second-order valence-corrected chi connectivity index (χ2v) is 7.36. The molecule has 0 aromatic heterocycles. The molecule has 7 heteroatoms. The average molecular weight is 313 g/mol. The standard InChI is InChI=1S/C14H23N3O3S/c1-16(8-9-20-2)21(18,19)17-10-13(14(15)11-17)12-6-4-3-5-7-12/h3-7,13-14H,8-11,15H2,1-2H3/t13-,14+/m0/s1. The van der Waals surface area contributed by atoms with Gasteiger partial charge in [-0.15, -0.1) is 0 Å². The lowest BCUT2D eigenvalue weighted by Gasteiger charge is -2.23. The maximum atomic E-state index is 12.5. The van der Waals surface area contributed by atoms with E-state index in [9.17, 15) is 8.42 Å². The van der Waals surface area contributed by atoms with Crippen LogP contribution in [-0.4, -0.2) is 63.5 Å². The Bertz CT molecular complexity index is 550. The first-order valence-corrected chi connectivity index (χ1v) is 8.37. The van der Waals surface area contributed by atoms with E-state index in [-0.39, 0.29) is 12.0 Å². The molecule has 1 aromatic carbocycles. The highest BCUT2D eigenvalue weighted by Crippen LogP contribution is 2.28. The Balaban J connectivity index is 2.10. The number of ether oxygens (including phenoxy) is 1. The Labute approximate surface area is 126 Å². The van der Waals surface area contributed by atoms with Crippen LogP contribution in [-0.2, 0) is 14.9 Å². The van der Waals surface area contributed by atoms with Crippen LogP contribution < -0.4 is 5.73 Å². The topological polar surface area (TPSA) is 75.9 Å². The van der Waals surface area contributed by atoms with Crippen LogP contribution in [0.5, 0.6) is 0 Å². The zero-order valence-electron chi connectivity index (χ0n) is 12.5. The zero-order chi connectivity index (χ0) is 15.5. The molecule has 0 aliphatic carbocycles. The van der Waals surface area contributed by atoms with E-state index in [4.69, 9.17) is 10.5 Å². The molecule has 1 aliphatic heterocycles. The molecule has 1 aromatic rings. The molecule has 1 heterocycles. The number of nitrogens with two attached hydrogens (primary N) is 1. The number of hydrogen-bond donors (Lipinski definition) is 1. The smallest absolute Gasteiger partial charge is 0.281 e. The lowest BCUT2D eigenvalue weighted by atomic mass is 9.95. The van der Waals surface area contributed by atoms with Gasteiger partial charge in [-0.2, -0.15) is 17.0 Å². The second-order valence-electron chi connectivity index (χ2n) is 5.32. The van der Waals surface area contributed by atoms with Gasteiger partial charge in [0, 0.05) is 45.8 Å². The first kappa shape index (κ1) is 16.4. The molecule has 6 nitrogen and oxygen atoms in total. The van der Waals surface area contributed by atoms with Gasteiger partial charge in [0.05, 0.1) is 6.61 Å². The minimum Gasteiger partial charge on any atom is -0.383 e. The summed E-state index contributed by atoms with van der Waals surface area (Å²) >= 11 is 0. The lowest BCUT2D eigenvalue weighted by molar-refractivity contribution is 0.183. The van der Waals surface area contributed by atoms with Crippen LogP contribution in [0.1, 0.15) is 11.5 Å². The fraction of sp³-hybridized carbons (Fsp3) is 0.571. The van der Waals surface area contributed by atoms with E-state index in [0.29, 0.717) is 26.2 Å². The van der Waals surface area contributed by atoms with Crippen LogP contribution in [0.25, 0.3) is 0 Å². The van der Waals surface area contributed by atoms with Crippen molar-refractivity contribution in [2.75, 3.05) is 40.4 Å². The summed E-state index contributed by atoms with van der Waals surface area (Å²) in [6.45, 7) is 1.47. The van der Waals surface area contributed by atoms with Crippen LogP contribution in [0.15, 0.2) is 30.3 Å². The van der Waals surface area contributed by atoms with Crippen molar-refractivity contribution in [3.8, 4) is 0 Å². The van der Waals surface area contributed by atoms with Crippen molar-refractivity contribution >= 4 is 10.2 Å². The van der Waals surface area contributed by atoms with Gasteiger partial charge in [0.15, 0.2) is 0 Å². The molecule has 1 aliphatic rings. The monoisotopic (exact) mass is 313 g/mol. The Morgan fingerprint density at radius 1 is 1.33 bits per heavy atom. The third-order valence-electron chi connectivity index (χ3n) is 3.89. The molecule has 118 valence electrons. The first-order chi connectivity index (χ1) is 9.96. The number of hydrogen-bond acceptors (Lipinski definition) is 4. The number of methoxy groups -OCH3 is 1. The number of rotatable bonds is 6. The highest BCUT2D eigenvalue weighted by Gasteiger charge is 2.39. The van der Waals surface area contributed by atoms with Crippen molar-refractivity contribution in [2.45, 2.75) is 12.0 Å². The van der Waals surface area contributed by atoms with Crippen LogP contribution >= 0.6 is 0 Å². The van der Waals surface area contributed by atoms with Gasteiger partial charge in [-0.25, -0.2) is 0 Å². The Morgan fingerprint density at radius 2 is 2.00 bits per heavy atom. The van der Waals surface area contributed by atoms with Gasteiger partial charge < -0.3 is 10.5 Å². The summed E-state index contributed by atoms with van der Waals surface area (Å²) < 4.78 is 32.7. The van der Waals surface area contributed by atoms with Gasteiger partial charge in [-0.1, -0.05) is 30.3 Å². The molecule has 0 spiro atoms. The summed E-state index contributed by atoms with van der Waals surface area (Å²) in [7, 11) is -0.360. The third-order valence-corrected chi connectivity index (χ3v) is 5.81. The van der Waals surface area contributed by atoms with Crippen molar-refractivity contribution in [1.82, 2.24) is 8.61 Å². The summed E-state index contributed by atoms with van der Waals surface area (Å²) in [4.78, 5) is 0. The van der Waals surface area contributed by atoms with Crippen molar-refractivity contribution in [3.63, 3.8) is 0 Å². The summed E-state index contributed by atoms with van der Waals surface area (Å²) in [5, 5.41) is 0. The molecular formula is C14H23N3O3S. The quantitative estimate of drug-likeness (QED) is 0.816. The molecule has 0 unspecified atom stereocenters. The van der Waals surface area contributed by atoms with Crippen molar-refractivity contribution in [3.05, 3.63) is 35.9 Å². The molecule has 0 bridgehead atoms. The maximum Gasteiger partial charge on any atom is 0.281 e. The number of nitrogens with zero attached hydrogens (tertiary/aromatic N) is 2. The predicted octanol–water partition coefficient (Wildman–Crippen LogP) is 0.236. The van der Waals surface area contributed by atoms with Crippen LogP contribution in [0, 0.1) is 0 Å². The molecule has 0 saturated carbocycles. The van der Waals surface area contributed by atoms with Gasteiger partial charge in [-0.05, 0) is 5.56 Å². The fourth-order valence-electron chi connectivity index (χ4n) is 2.57. The second kappa shape index (κ2) is 6.85. The normalized spacial score (nSPS) is 23.8. The minimum absolute atomic E-state index is 0.0387. The summed E-state index contributed by atoms with van der Waals surface area (Å²) in [5.74, 6) is 0.0387. The molecule has 1 saturated heterocycles. The van der Waals surface area contributed by atoms with Crippen molar-refractivity contribution in [1.29, 1.82) is 0 Å². The van der Waals surface area contributed by atoms with Crippen molar-refractivity contribution in [2.24, 2.45) is 5.73 Å². The fourth-order valence-corrected chi connectivity index (χ4v) is 3.97. The Kier molecular flexibility index (Phi) is 5.34. The third kappa shape index (κ3) is 3.61. The van der Waals surface area contributed by atoms with E-state index in [1.807, 2.05) is 30.3 Å². The molecule has 0 amide bonds. The molecule has 2 N–H and O–H groups in total. The number of likely N-dealkylation sites (N-methyl/N-ethyl adjacent to an activating group) is 1. The highest BCUT2D eigenvalue weighted by molar-refractivity contribution is 7.86. The van der Waals surface area contributed by atoms with E-state index >= 15 is 0 Å². The summed E-state index contributed by atoms with van der Waals surface area (Å²) in [5.41, 5.74) is 7.23. The molecule has 2 atom stereocenters. The average Bonchev–Trinajstić information content (AvgIpc) is 2.88. The summed E-state index contributed by atoms with van der Waals surface area (Å²) in [6.07, 6.45) is 0.